The lowest BCUT2D eigenvalue weighted by Gasteiger charge is -2.58. The van der Waals surface area contributed by atoms with Crippen LogP contribution in [0.15, 0.2) is 36.5 Å². The molecule has 34 heavy (non-hydrogen) atoms. The molecule has 1 aromatic heterocycles. The third-order valence-corrected chi connectivity index (χ3v) is 8.70. The summed E-state index contributed by atoms with van der Waals surface area (Å²) in [6, 6.07) is 10.8. The van der Waals surface area contributed by atoms with Crippen LogP contribution >= 0.6 is 0 Å². The molecule has 3 atom stereocenters. The first-order valence-electron chi connectivity index (χ1n) is 12.8. The first-order valence-corrected chi connectivity index (χ1v) is 12.8. The van der Waals surface area contributed by atoms with E-state index in [4.69, 9.17) is 0 Å². The van der Waals surface area contributed by atoms with Gasteiger partial charge in [0.2, 0.25) is 5.95 Å². The normalized spacial score (nSPS) is 34.4. The van der Waals surface area contributed by atoms with Crippen LogP contribution in [0, 0.1) is 24.7 Å². The van der Waals surface area contributed by atoms with Crippen LogP contribution in [0.25, 0.3) is 0 Å². The number of anilines is 2. The molecule has 2 aromatic rings. The van der Waals surface area contributed by atoms with Gasteiger partial charge >= 0.3 is 0 Å². The van der Waals surface area contributed by atoms with Crippen molar-refractivity contribution in [1.29, 1.82) is 0 Å². The molecule has 4 bridgehead atoms. The molecule has 1 amide bonds. The Morgan fingerprint density at radius 3 is 2.50 bits per heavy atom. The zero-order chi connectivity index (χ0) is 23.4. The number of carbonyl (C=O) groups is 1. The van der Waals surface area contributed by atoms with Gasteiger partial charge < -0.3 is 20.2 Å². The second-order valence-electron chi connectivity index (χ2n) is 11.3. The fraction of sp³-hybridized carbons (Fsp3) is 0.593. The van der Waals surface area contributed by atoms with E-state index < -0.39 is 5.60 Å². The number of rotatable bonds is 4. The second kappa shape index (κ2) is 8.22. The van der Waals surface area contributed by atoms with Crippen molar-refractivity contribution in [2.45, 2.75) is 63.6 Å². The molecule has 0 radical (unpaired) electrons. The van der Waals surface area contributed by atoms with Gasteiger partial charge in [0.1, 0.15) is 5.69 Å². The monoisotopic (exact) mass is 461 g/mol. The molecule has 1 aromatic carbocycles. The molecule has 180 valence electrons. The SMILES string of the molecule is Cc1ccc(N2CCN(c3nccc(C(=O)N[C@H]4C5CC6CC4C[C@](O)(C6)C5)n3)[C@H](C)C2)cc1. The third-order valence-electron chi connectivity index (χ3n) is 8.70. The molecule has 2 unspecified atom stereocenters. The van der Waals surface area contributed by atoms with Gasteiger partial charge in [0.15, 0.2) is 0 Å². The predicted octanol–water partition coefficient (Wildman–Crippen LogP) is 3.17. The fourth-order valence-corrected chi connectivity index (χ4v) is 7.30. The lowest BCUT2D eigenvalue weighted by atomic mass is 9.52. The van der Waals surface area contributed by atoms with Crippen molar-refractivity contribution in [3.05, 3.63) is 47.8 Å². The molecule has 4 saturated carbocycles. The largest absolute Gasteiger partial charge is 0.390 e. The maximum Gasteiger partial charge on any atom is 0.270 e. The molecule has 2 heterocycles. The van der Waals surface area contributed by atoms with Gasteiger partial charge in [-0.1, -0.05) is 17.7 Å². The summed E-state index contributed by atoms with van der Waals surface area (Å²) in [6.45, 7) is 6.89. The minimum Gasteiger partial charge on any atom is -0.390 e. The number of hydrogen-bond acceptors (Lipinski definition) is 6. The Hall–Kier alpha value is -2.67. The van der Waals surface area contributed by atoms with Gasteiger partial charge in [-0.25, -0.2) is 9.97 Å². The van der Waals surface area contributed by atoms with Gasteiger partial charge in [0.25, 0.3) is 5.91 Å². The summed E-state index contributed by atoms with van der Waals surface area (Å²) in [5, 5.41) is 14.1. The summed E-state index contributed by atoms with van der Waals surface area (Å²) >= 11 is 0. The maximum atomic E-state index is 13.2. The number of nitrogens with one attached hydrogen (secondary N) is 1. The highest BCUT2D eigenvalue weighted by molar-refractivity contribution is 5.92. The third kappa shape index (κ3) is 3.94. The van der Waals surface area contributed by atoms with Crippen molar-refractivity contribution in [2.24, 2.45) is 17.8 Å². The highest BCUT2D eigenvalue weighted by Gasteiger charge is 2.55. The molecule has 0 spiro atoms. The van der Waals surface area contributed by atoms with Gasteiger partial charge in [-0.05, 0) is 81.9 Å². The van der Waals surface area contributed by atoms with Crippen molar-refractivity contribution in [3.63, 3.8) is 0 Å². The van der Waals surface area contributed by atoms with E-state index in [1.807, 2.05) is 0 Å². The Morgan fingerprint density at radius 2 is 1.82 bits per heavy atom. The van der Waals surface area contributed by atoms with Gasteiger partial charge in [0.05, 0.1) is 5.60 Å². The highest BCUT2D eigenvalue weighted by atomic mass is 16.3. The summed E-state index contributed by atoms with van der Waals surface area (Å²) in [6.07, 6.45) is 6.55. The molecule has 1 aliphatic heterocycles. The Labute approximate surface area is 201 Å². The average molecular weight is 462 g/mol. The minimum absolute atomic E-state index is 0.112. The number of aryl methyl sites for hydroxylation is 1. The van der Waals surface area contributed by atoms with Crippen molar-refractivity contribution in [2.75, 3.05) is 29.4 Å². The lowest BCUT2D eigenvalue weighted by molar-refractivity contribution is -0.136. The zero-order valence-electron chi connectivity index (χ0n) is 20.2. The van der Waals surface area contributed by atoms with E-state index in [-0.39, 0.29) is 18.0 Å². The summed E-state index contributed by atoms with van der Waals surface area (Å²) in [7, 11) is 0. The number of amides is 1. The molecule has 7 heteroatoms. The first kappa shape index (κ1) is 21.8. The van der Waals surface area contributed by atoms with Crippen LogP contribution in [0.4, 0.5) is 11.6 Å². The number of aromatic nitrogens is 2. The number of carbonyl (C=O) groups excluding carboxylic acids is 1. The van der Waals surface area contributed by atoms with Crippen molar-refractivity contribution in [1.82, 2.24) is 15.3 Å². The van der Waals surface area contributed by atoms with Gasteiger partial charge in [0, 0.05) is 43.6 Å². The van der Waals surface area contributed by atoms with Crippen LogP contribution < -0.4 is 15.1 Å². The molecule has 5 fully saturated rings. The Bertz CT molecular complexity index is 1060. The van der Waals surface area contributed by atoms with Gasteiger partial charge in [-0.3, -0.25) is 4.79 Å². The van der Waals surface area contributed by atoms with E-state index in [1.165, 1.54) is 11.3 Å². The van der Waals surface area contributed by atoms with E-state index in [0.717, 1.165) is 51.7 Å². The summed E-state index contributed by atoms with van der Waals surface area (Å²) in [5.74, 6) is 1.91. The summed E-state index contributed by atoms with van der Waals surface area (Å²) < 4.78 is 0. The topological polar surface area (TPSA) is 81.6 Å². The lowest BCUT2D eigenvalue weighted by Crippen LogP contribution is -2.61. The van der Waals surface area contributed by atoms with Crippen LogP contribution in [-0.2, 0) is 0 Å². The van der Waals surface area contributed by atoms with E-state index in [9.17, 15) is 9.90 Å². The fourth-order valence-electron chi connectivity index (χ4n) is 7.30. The van der Waals surface area contributed by atoms with Crippen LogP contribution in [0.5, 0.6) is 0 Å². The molecule has 5 aliphatic rings. The van der Waals surface area contributed by atoms with E-state index in [1.54, 1.807) is 12.3 Å². The quantitative estimate of drug-likeness (QED) is 0.728. The van der Waals surface area contributed by atoms with E-state index >= 15 is 0 Å². The van der Waals surface area contributed by atoms with Crippen LogP contribution in [0.3, 0.4) is 0 Å². The highest BCUT2D eigenvalue weighted by Crippen LogP contribution is 2.55. The predicted molar refractivity (Wildman–Crippen MR) is 132 cm³/mol. The molecular weight excluding hydrogens is 426 g/mol. The first-order chi connectivity index (χ1) is 16.4. The van der Waals surface area contributed by atoms with Crippen LogP contribution in [0.1, 0.15) is 55.1 Å². The maximum absolute atomic E-state index is 13.2. The number of piperazine rings is 1. The molecule has 4 aliphatic carbocycles. The smallest absolute Gasteiger partial charge is 0.270 e. The Kier molecular flexibility index (Phi) is 5.28. The summed E-state index contributed by atoms with van der Waals surface area (Å²) in [4.78, 5) is 27.0. The molecule has 1 saturated heterocycles. The number of hydrogen-bond donors (Lipinski definition) is 2. The summed E-state index contributed by atoms with van der Waals surface area (Å²) in [5.41, 5.74) is 2.46. The van der Waals surface area contributed by atoms with E-state index in [0.29, 0.717) is 29.4 Å². The minimum atomic E-state index is -0.489. The second-order valence-corrected chi connectivity index (χ2v) is 11.3. The van der Waals surface area contributed by atoms with Crippen molar-refractivity contribution in [3.8, 4) is 0 Å². The van der Waals surface area contributed by atoms with Crippen molar-refractivity contribution >= 4 is 17.5 Å². The number of nitrogens with zero attached hydrogens (tertiary/aromatic N) is 4. The van der Waals surface area contributed by atoms with Crippen LogP contribution in [-0.4, -0.2) is 58.3 Å². The molecule has 2 N–H and O–H groups in total. The standard InChI is InChI=1S/C27H35N5O2/c1-17-3-5-22(6-4-17)31-9-10-32(18(2)16-31)26-28-8-7-23(29-26)25(33)30-24-20-11-19-12-21(24)15-27(34,13-19)14-20/h3-8,18-21,24,34H,9-16H2,1-2H3,(H,30,33)/t18-,19?,20?,21?,24-,27-/m1/s1. The van der Waals surface area contributed by atoms with Gasteiger partial charge in [-0.2, -0.15) is 0 Å². The van der Waals surface area contributed by atoms with Gasteiger partial charge in [-0.15, -0.1) is 0 Å². The van der Waals surface area contributed by atoms with Crippen molar-refractivity contribution < 1.29 is 9.90 Å². The molecule has 7 rings (SSSR count). The molecule has 7 nitrogen and oxygen atoms in total. The van der Waals surface area contributed by atoms with E-state index in [2.05, 4.69) is 63.2 Å². The zero-order valence-corrected chi connectivity index (χ0v) is 20.2. The molecular formula is C27H35N5O2. The Balaban J connectivity index is 1.13. The number of aliphatic hydroxyl groups is 1. The van der Waals surface area contributed by atoms with Crippen LogP contribution in [0.2, 0.25) is 0 Å². The Morgan fingerprint density at radius 1 is 1.09 bits per heavy atom. The number of benzene rings is 1. The average Bonchev–Trinajstić information content (AvgIpc) is 2.81.